The van der Waals surface area contributed by atoms with Crippen LogP contribution < -0.4 is 0 Å². The van der Waals surface area contributed by atoms with Crippen molar-refractivity contribution in [2.45, 2.75) is 39.5 Å². The van der Waals surface area contributed by atoms with Crippen LogP contribution >= 0.6 is 15.9 Å². The number of carboxylic acid groups (broad SMARTS) is 1. The standard InChI is InChI=1S/C16H19BrF2O2/c1-16(2)6-5-10(15(20)21)9(8-16)7-11-13(18)4-3-12(17)14(11)19/h3-4,9-10H,5-8H2,1-2H3,(H,20,21). The van der Waals surface area contributed by atoms with Gasteiger partial charge in [-0.15, -0.1) is 0 Å². The second-order valence-corrected chi connectivity index (χ2v) is 7.49. The van der Waals surface area contributed by atoms with Crippen molar-refractivity contribution in [1.29, 1.82) is 0 Å². The Bertz CT molecular complexity index is 557. The van der Waals surface area contributed by atoms with Crippen molar-refractivity contribution in [1.82, 2.24) is 0 Å². The first-order valence-electron chi connectivity index (χ1n) is 7.06. The number of benzene rings is 1. The van der Waals surface area contributed by atoms with E-state index in [1.807, 2.05) is 0 Å². The number of carbonyl (C=O) groups is 1. The topological polar surface area (TPSA) is 37.3 Å². The van der Waals surface area contributed by atoms with Crippen molar-refractivity contribution in [2.75, 3.05) is 0 Å². The highest BCUT2D eigenvalue weighted by Crippen LogP contribution is 2.43. The Morgan fingerprint density at radius 1 is 1.43 bits per heavy atom. The van der Waals surface area contributed by atoms with E-state index in [0.29, 0.717) is 12.8 Å². The minimum atomic E-state index is -0.869. The quantitative estimate of drug-likeness (QED) is 0.786. The third-order valence-electron chi connectivity index (χ3n) is 4.44. The molecule has 1 aromatic carbocycles. The Hall–Kier alpha value is -0.970. The maximum Gasteiger partial charge on any atom is 0.306 e. The molecule has 1 aliphatic rings. The third-order valence-corrected chi connectivity index (χ3v) is 5.05. The summed E-state index contributed by atoms with van der Waals surface area (Å²) >= 11 is 3.05. The van der Waals surface area contributed by atoms with Crippen LogP contribution in [0.5, 0.6) is 0 Å². The van der Waals surface area contributed by atoms with Crippen LogP contribution in [0, 0.1) is 28.9 Å². The molecule has 0 amide bonds. The van der Waals surface area contributed by atoms with Gasteiger partial charge in [0.15, 0.2) is 0 Å². The average Bonchev–Trinajstić information content (AvgIpc) is 2.38. The summed E-state index contributed by atoms with van der Waals surface area (Å²) in [5, 5.41) is 9.35. The monoisotopic (exact) mass is 360 g/mol. The van der Waals surface area contributed by atoms with Gasteiger partial charge < -0.3 is 5.11 Å². The Morgan fingerprint density at radius 2 is 2.10 bits per heavy atom. The molecule has 0 aromatic heterocycles. The molecule has 21 heavy (non-hydrogen) atoms. The molecule has 0 radical (unpaired) electrons. The van der Waals surface area contributed by atoms with E-state index in [4.69, 9.17) is 0 Å². The fourth-order valence-corrected chi connectivity index (χ4v) is 3.67. The highest BCUT2D eigenvalue weighted by atomic mass is 79.9. The SMILES string of the molecule is CC1(C)CCC(C(=O)O)C(Cc2c(F)ccc(Br)c2F)C1. The molecular formula is C16H19BrF2O2. The number of hydrogen-bond acceptors (Lipinski definition) is 1. The second kappa shape index (κ2) is 6.03. The van der Waals surface area contributed by atoms with E-state index in [-0.39, 0.29) is 27.8 Å². The first kappa shape index (κ1) is 16.4. The van der Waals surface area contributed by atoms with Gasteiger partial charge in [0, 0.05) is 5.56 Å². The molecular weight excluding hydrogens is 342 g/mol. The van der Waals surface area contributed by atoms with Gasteiger partial charge >= 0.3 is 5.97 Å². The van der Waals surface area contributed by atoms with Crippen molar-refractivity contribution in [3.63, 3.8) is 0 Å². The largest absolute Gasteiger partial charge is 0.481 e. The Kier molecular flexibility index (Phi) is 4.71. The molecule has 5 heteroatoms. The summed E-state index contributed by atoms with van der Waals surface area (Å²) in [6.07, 6.45) is 2.17. The molecule has 1 aromatic rings. The minimum absolute atomic E-state index is 0.00951. The lowest BCUT2D eigenvalue weighted by atomic mass is 9.65. The Morgan fingerprint density at radius 3 is 2.71 bits per heavy atom. The molecule has 0 aliphatic heterocycles. The van der Waals surface area contributed by atoms with Crippen LogP contribution in [-0.2, 0) is 11.2 Å². The van der Waals surface area contributed by atoms with E-state index >= 15 is 0 Å². The van der Waals surface area contributed by atoms with Gasteiger partial charge in [-0.05, 0) is 65.1 Å². The number of hydrogen-bond donors (Lipinski definition) is 1. The van der Waals surface area contributed by atoms with E-state index in [0.717, 1.165) is 6.42 Å². The van der Waals surface area contributed by atoms with E-state index < -0.39 is 23.5 Å². The van der Waals surface area contributed by atoms with Gasteiger partial charge in [-0.3, -0.25) is 4.79 Å². The summed E-state index contributed by atoms with van der Waals surface area (Å²) in [6.45, 7) is 4.15. The maximum absolute atomic E-state index is 14.1. The predicted molar refractivity (Wildman–Crippen MR) is 80.0 cm³/mol. The molecule has 1 aliphatic carbocycles. The normalized spacial score (nSPS) is 24.8. The highest BCUT2D eigenvalue weighted by Gasteiger charge is 2.39. The van der Waals surface area contributed by atoms with Crippen LogP contribution in [0.25, 0.3) is 0 Å². The molecule has 1 N–H and O–H groups in total. The molecule has 0 heterocycles. The first-order chi connectivity index (χ1) is 9.71. The summed E-state index contributed by atoms with van der Waals surface area (Å²) < 4.78 is 28.2. The fourth-order valence-electron chi connectivity index (χ4n) is 3.29. The summed E-state index contributed by atoms with van der Waals surface area (Å²) in [7, 11) is 0. The number of halogens is 3. The van der Waals surface area contributed by atoms with Gasteiger partial charge in [-0.2, -0.15) is 0 Å². The third kappa shape index (κ3) is 3.62. The number of rotatable bonds is 3. The van der Waals surface area contributed by atoms with Crippen LogP contribution in [0.3, 0.4) is 0 Å². The molecule has 0 saturated heterocycles. The van der Waals surface area contributed by atoms with Gasteiger partial charge in [0.2, 0.25) is 0 Å². The average molecular weight is 361 g/mol. The van der Waals surface area contributed by atoms with E-state index in [2.05, 4.69) is 29.8 Å². The Labute approximate surface area is 131 Å². The van der Waals surface area contributed by atoms with Crippen molar-refractivity contribution in [2.24, 2.45) is 17.3 Å². The number of carboxylic acids is 1. The first-order valence-corrected chi connectivity index (χ1v) is 7.86. The second-order valence-electron chi connectivity index (χ2n) is 6.64. The smallest absolute Gasteiger partial charge is 0.306 e. The van der Waals surface area contributed by atoms with E-state index in [1.54, 1.807) is 0 Å². The zero-order valence-corrected chi connectivity index (χ0v) is 13.7. The minimum Gasteiger partial charge on any atom is -0.481 e. The van der Waals surface area contributed by atoms with Crippen molar-refractivity contribution >= 4 is 21.9 Å². The van der Waals surface area contributed by atoms with Crippen LogP contribution in [0.15, 0.2) is 16.6 Å². The number of aliphatic carboxylic acids is 1. The fraction of sp³-hybridized carbons (Fsp3) is 0.562. The van der Waals surface area contributed by atoms with Crippen molar-refractivity contribution in [3.05, 3.63) is 33.8 Å². The van der Waals surface area contributed by atoms with Crippen LogP contribution in [0.2, 0.25) is 0 Å². The van der Waals surface area contributed by atoms with E-state index in [9.17, 15) is 18.7 Å². The van der Waals surface area contributed by atoms with Gasteiger partial charge in [0.25, 0.3) is 0 Å². The van der Waals surface area contributed by atoms with E-state index in [1.165, 1.54) is 12.1 Å². The lowest BCUT2D eigenvalue weighted by Crippen LogP contribution is -2.35. The van der Waals surface area contributed by atoms with Gasteiger partial charge in [0.1, 0.15) is 11.6 Å². The Balaban J connectivity index is 2.30. The molecule has 1 fully saturated rings. The van der Waals surface area contributed by atoms with Crippen LogP contribution in [0.4, 0.5) is 8.78 Å². The molecule has 1 saturated carbocycles. The lowest BCUT2D eigenvalue weighted by molar-refractivity contribution is -0.146. The molecule has 0 bridgehead atoms. The molecule has 2 unspecified atom stereocenters. The zero-order chi connectivity index (χ0) is 15.8. The van der Waals surface area contributed by atoms with Gasteiger partial charge in [0.05, 0.1) is 10.4 Å². The molecule has 2 rings (SSSR count). The molecule has 2 atom stereocenters. The van der Waals surface area contributed by atoms with Crippen molar-refractivity contribution < 1.29 is 18.7 Å². The summed E-state index contributed by atoms with van der Waals surface area (Å²) in [5.41, 5.74) is -0.00593. The summed E-state index contributed by atoms with van der Waals surface area (Å²) in [5.74, 6) is -2.88. The maximum atomic E-state index is 14.1. The highest BCUT2D eigenvalue weighted by molar-refractivity contribution is 9.10. The summed E-state index contributed by atoms with van der Waals surface area (Å²) in [6, 6.07) is 2.54. The van der Waals surface area contributed by atoms with Gasteiger partial charge in [-0.25, -0.2) is 8.78 Å². The molecule has 116 valence electrons. The van der Waals surface area contributed by atoms with Crippen LogP contribution in [0.1, 0.15) is 38.7 Å². The van der Waals surface area contributed by atoms with Gasteiger partial charge in [-0.1, -0.05) is 13.8 Å². The van der Waals surface area contributed by atoms with Crippen LogP contribution in [-0.4, -0.2) is 11.1 Å². The zero-order valence-electron chi connectivity index (χ0n) is 12.1. The lowest BCUT2D eigenvalue weighted by Gasteiger charge is -2.39. The predicted octanol–water partition coefficient (Wildman–Crippen LogP) is 4.80. The molecule has 2 nitrogen and oxygen atoms in total. The van der Waals surface area contributed by atoms with Crippen molar-refractivity contribution in [3.8, 4) is 0 Å². The summed E-state index contributed by atoms with van der Waals surface area (Å²) in [4.78, 5) is 11.4. The molecule has 0 spiro atoms.